The van der Waals surface area contributed by atoms with Crippen molar-refractivity contribution in [1.82, 2.24) is 10.3 Å². The van der Waals surface area contributed by atoms with Gasteiger partial charge < -0.3 is 10.1 Å². The van der Waals surface area contributed by atoms with E-state index in [2.05, 4.69) is 10.3 Å². The van der Waals surface area contributed by atoms with Crippen LogP contribution in [0.5, 0.6) is 11.6 Å². The van der Waals surface area contributed by atoms with Gasteiger partial charge in [0.2, 0.25) is 5.88 Å². The smallest absolute Gasteiger partial charge is 0.219 e. The number of ether oxygens (including phenoxy) is 1. The molecule has 0 aliphatic heterocycles. The fourth-order valence-corrected chi connectivity index (χ4v) is 1.87. The summed E-state index contributed by atoms with van der Waals surface area (Å²) in [7, 11) is 0. The third kappa shape index (κ3) is 3.51. The molecule has 1 aromatic heterocycles. The number of hydrogen-bond acceptors (Lipinski definition) is 3. The van der Waals surface area contributed by atoms with E-state index in [1.165, 1.54) is 12.8 Å². The van der Waals surface area contributed by atoms with Gasteiger partial charge in [-0.3, -0.25) is 0 Å². The number of aromatic nitrogens is 1. The van der Waals surface area contributed by atoms with E-state index in [9.17, 15) is 8.78 Å². The minimum Gasteiger partial charge on any atom is -0.439 e. The highest BCUT2D eigenvalue weighted by Gasteiger charge is 2.19. The van der Waals surface area contributed by atoms with Crippen molar-refractivity contribution in [3.63, 3.8) is 0 Å². The molecule has 0 bridgehead atoms. The average molecular weight is 276 g/mol. The largest absolute Gasteiger partial charge is 0.439 e. The SMILES string of the molecule is Fc1cc(F)cc(Oc2cc(CNC3CC3)ccn2)c1. The second-order valence-electron chi connectivity index (χ2n) is 4.86. The lowest BCUT2D eigenvalue weighted by atomic mass is 10.2. The molecule has 1 aromatic carbocycles. The molecule has 1 saturated carbocycles. The van der Waals surface area contributed by atoms with Crippen molar-refractivity contribution in [2.75, 3.05) is 0 Å². The van der Waals surface area contributed by atoms with Crippen LogP contribution in [0.4, 0.5) is 8.78 Å². The molecule has 3 nitrogen and oxygen atoms in total. The number of nitrogens with zero attached hydrogens (tertiary/aromatic N) is 1. The molecule has 0 radical (unpaired) electrons. The molecule has 1 fully saturated rings. The van der Waals surface area contributed by atoms with Crippen LogP contribution in [0.25, 0.3) is 0 Å². The Bertz CT molecular complexity index is 594. The number of nitrogens with one attached hydrogen (secondary N) is 1. The van der Waals surface area contributed by atoms with Crippen molar-refractivity contribution in [2.24, 2.45) is 0 Å². The Hall–Kier alpha value is -2.01. The van der Waals surface area contributed by atoms with Crippen LogP contribution in [-0.4, -0.2) is 11.0 Å². The number of benzene rings is 1. The van der Waals surface area contributed by atoms with E-state index in [0.717, 1.165) is 30.3 Å². The number of halogens is 2. The first kappa shape index (κ1) is 13.0. The van der Waals surface area contributed by atoms with E-state index in [1.54, 1.807) is 12.3 Å². The lowest BCUT2D eigenvalue weighted by Gasteiger charge is -2.07. The van der Waals surface area contributed by atoms with Crippen LogP contribution in [-0.2, 0) is 6.54 Å². The standard InChI is InChI=1S/C15H14F2N2O/c16-11-6-12(17)8-14(7-11)20-15-5-10(3-4-18-15)9-19-13-1-2-13/h3-8,13,19H,1-2,9H2. The van der Waals surface area contributed by atoms with Gasteiger partial charge in [0, 0.05) is 43.0 Å². The van der Waals surface area contributed by atoms with Crippen molar-refractivity contribution in [2.45, 2.75) is 25.4 Å². The molecule has 0 atom stereocenters. The van der Waals surface area contributed by atoms with Crippen molar-refractivity contribution >= 4 is 0 Å². The molecule has 0 amide bonds. The van der Waals surface area contributed by atoms with Crippen LogP contribution in [0.3, 0.4) is 0 Å². The van der Waals surface area contributed by atoms with E-state index in [4.69, 9.17) is 4.74 Å². The number of rotatable bonds is 5. The van der Waals surface area contributed by atoms with Crippen LogP contribution in [0.15, 0.2) is 36.5 Å². The van der Waals surface area contributed by atoms with Crippen molar-refractivity contribution in [3.05, 3.63) is 53.7 Å². The molecule has 0 saturated heterocycles. The molecule has 0 spiro atoms. The van der Waals surface area contributed by atoms with Gasteiger partial charge in [-0.05, 0) is 24.5 Å². The molecular formula is C15H14F2N2O. The molecular weight excluding hydrogens is 262 g/mol. The third-order valence-electron chi connectivity index (χ3n) is 3.03. The Morgan fingerprint density at radius 1 is 1.15 bits per heavy atom. The van der Waals surface area contributed by atoms with Crippen molar-refractivity contribution in [3.8, 4) is 11.6 Å². The van der Waals surface area contributed by atoms with Gasteiger partial charge in [-0.2, -0.15) is 0 Å². The minimum absolute atomic E-state index is 0.0994. The van der Waals surface area contributed by atoms with Gasteiger partial charge in [0.05, 0.1) is 0 Å². The first-order chi connectivity index (χ1) is 9.69. The number of pyridine rings is 1. The van der Waals surface area contributed by atoms with Crippen LogP contribution < -0.4 is 10.1 Å². The minimum atomic E-state index is -0.674. The van der Waals surface area contributed by atoms with Gasteiger partial charge in [-0.15, -0.1) is 0 Å². The highest BCUT2D eigenvalue weighted by molar-refractivity contribution is 5.30. The van der Waals surface area contributed by atoms with Gasteiger partial charge in [-0.1, -0.05) is 0 Å². The summed E-state index contributed by atoms with van der Waals surface area (Å²) in [6.07, 6.45) is 4.06. The quantitative estimate of drug-likeness (QED) is 0.908. The van der Waals surface area contributed by atoms with Crippen LogP contribution in [0.1, 0.15) is 18.4 Å². The van der Waals surface area contributed by atoms with Crippen molar-refractivity contribution < 1.29 is 13.5 Å². The fourth-order valence-electron chi connectivity index (χ4n) is 1.87. The summed E-state index contributed by atoms with van der Waals surface area (Å²) in [5, 5.41) is 3.38. The molecule has 0 unspecified atom stereocenters. The maximum Gasteiger partial charge on any atom is 0.219 e. The third-order valence-corrected chi connectivity index (χ3v) is 3.03. The molecule has 1 N–H and O–H groups in total. The zero-order valence-corrected chi connectivity index (χ0v) is 10.8. The van der Waals surface area contributed by atoms with Gasteiger partial charge in [0.15, 0.2) is 0 Å². The van der Waals surface area contributed by atoms with E-state index in [-0.39, 0.29) is 5.75 Å². The zero-order chi connectivity index (χ0) is 13.9. The lowest BCUT2D eigenvalue weighted by molar-refractivity contribution is 0.450. The first-order valence-electron chi connectivity index (χ1n) is 6.51. The summed E-state index contributed by atoms with van der Waals surface area (Å²) in [4.78, 5) is 4.04. The Balaban J connectivity index is 1.70. The van der Waals surface area contributed by atoms with Crippen LogP contribution in [0, 0.1) is 11.6 Å². The van der Waals surface area contributed by atoms with E-state index >= 15 is 0 Å². The average Bonchev–Trinajstić information content (AvgIpc) is 3.19. The first-order valence-corrected chi connectivity index (χ1v) is 6.51. The molecule has 1 heterocycles. The Morgan fingerprint density at radius 3 is 2.60 bits per heavy atom. The summed E-state index contributed by atoms with van der Waals surface area (Å²) in [6.45, 7) is 0.737. The molecule has 104 valence electrons. The van der Waals surface area contributed by atoms with Gasteiger partial charge >= 0.3 is 0 Å². The van der Waals surface area contributed by atoms with E-state index in [0.29, 0.717) is 11.9 Å². The molecule has 5 heteroatoms. The maximum absolute atomic E-state index is 13.1. The number of hydrogen-bond donors (Lipinski definition) is 1. The molecule has 1 aliphatic carbocycles. The predicted octanol–water partition coefficient (Wildman–Crippen LogP) is 3.40. The molecule has 3 rings (SSSR count). The summed E-state index contributed by atoms with van der Waals surface area (Å²) in [5.41, 5.74) is 1.03. The predicted molar refractivity (Wildman–Crippen MR) is 70.5 cm³/mol. The van der Waals surface area contributed by atoms with E-state index in [1.807, 2.05) is 6.07 Å². The normalized spacial score (nSPS) is 14.3. The summed E-state index contributed by atoms with van der Waals surface area (Å²) < 4.78 is 31.5. The summed E-state index contributed by atoms with van der Waals surface area (Å²) in [6, 6.07) is 7.31. The zero-order valence-electron chi connectivity index (χ0n) is 10.8. The molecule has 20 heavy (non-hydrogen) atoms. The summed E-state index contributed by atoms with van der Waals surface area (Å²) >= 11 is 0. The lowest BCUT2D eigenvalue weighted by Crippen LogP contribution is -2.15. The second-order valence-corrected chi connectivity index (χ2v) is 4.86. The highest BCUT2D eigenvalue weighted by Crippen LogP contribution is 2.23. The highest BCUT2D eigenvalue weighted by atomic mass is 19.1. The maximum atomic E-state index is 13.1. The Labute approximate surface area is 115 Å². The Kier molecular flexibility index (Phi) is 3.60. The van der Waals surface area contributed by atoms with Crippen molar-refractivity contribution in [1.29, 1.82) is 0 Å². The van der Waals surface area contributed by atoms with Gasteiger partial charge in [0.25, 0.3) is 0 Å². The monoisotopic (exact) mass is 276 g/mol. The Morgan fingerprint density at radius 2 is 1.90 bits per heavy atom. The van der Waals surface area contributed by atoms with Gasteiger partial charge in [0.1, 0.15) is 17.4 Å². The molecule has 2 aromatic rings. The van der Waals surface area contributed by atoms with Crippen LogP contribution in [0.2, 0.25) is 0 Å². The summed E-state index contributed by atoms with van der Waals surface area (Å²) in [5.74, 6) is -0.925. The second kappa shape index (κ2) is 5.54. The fraction of sp³-hybridized carbons (Fsp3) is 0.267. The van der Waals surface area contributed by atoms with Gasteiger partial charge in [-0.25, -0.2) is 13.8 Å². The molecule has 1 aliphatic rings. The topological polar surface area (TPSA) is 34.1 Å². The van der Waals surface area contributed by atoms with E-state index < -0.39 is 11.6 Å². The van der Waals surface area contributed by atoms with Crippen LogP contribution >= 0.6 is 0 Å².